The molecule has 2 aromatic rings. The third-order valence-corrected chi connectivity index (χ3v) is 6.07. The minimum atomic E-state index is -3.58. The summed E-state index contributed by atoms with van der Waals surface area (Å²) in [4.78, 5) is 4.45. The van der Waals surface area contributed by atoms with Crippen molar-refractivity contribution in [3.8, 4) is 0 Å². The highest BCUT2D eigenvalue weighted by Gasteiger charge is 2.17. The number of sulfonamides is 1. The Morgan fingerprint density at radius 2 is 2.19 bits per heavy atom. The molecule has 0 radical (unpaired) electrons. The van der Waals surface area contributed by atoms with E-state index in [1.165, 1.54) is 6.07 Å². The molecule has 114 valence electrons. The van der Waals surface area contributed by atoms with E-state index in [-0.39, 0.29) is 11.5 Å². The summed E-state index contributed by atoms with van der Waals surface area (Å²) in [5.74, 6) is 0. The molecule has 1 aromatic carbocycles. The van der Waals surface area contributed by atoms with Crippen LogP contribution < -0.4 is 4.72 Å². The van der Waals surface area contributed by atoms with Crippen molar-refractivity contribution in [1.29, 1.82) is 0 Å². The second kappa shape index (κ2) is 6.97. The van der Waals surface area contributed by atoms with Gasteiger partial charge >= 0.3 is 0 Å². The van der Waals surface area contributed by atoms with Crippen LogP contribution in [-0.4, -0.2) is 25.1 Å². The molecule has 21 heavy (non-hydrogen) atoms. The first-order valence-corrected chi connectivity index (χ1v) is 9.38. The molecular formula is C13H15BrN2O3S2. The van der Waals surface area contributed by atoms with E-state index in [2.05, 4.69) is 25.6 Å². The molecule has 0 aliphatic rings. The maximum Gasteiger partial charge on any atom is 0.241 e. The number of aliphatic hydroxyl groups is 1. The number of nitrogens with one attached hydrogen (secondary N) is 1. The van der Waals surface area contributed by atoms with Crippen molar-refractivity contribution < 1.29 is 13.5 Å². The van der Waals surface area contributed by atoms with E-state index in [0.29, 0.717) is 23.0 Å². The number of benzene rings is 1. The van der Waals surface area contributed by atoms with Crippen LogP contribution in [0.5, 0.6) is 0 Å². The van der Waals surface area contributed by atoms with Gasteiger partial charge in [-0.3, -0.25) is 0 Å². The molecule has 2 N–H and O–H groups in total. The molecule has 1 aromatic heterocycles. The van der Waals surface area contributed by atoms with Gasteiger partial charge in [0, 0.05) is 22.8 Å². The van der Waals surface area contributed by atoms with Gasteiger partial charge in [0.1, 0.15) is 0 Å². The van der Waals surface area contributed by atoms with Gasteiger partial charge in [0.15, 0.2) is 0 Å². The number of thiazole rings is 1. The third-order valence-electron chi connectivity index (χ3n) is 2.81. The highest BCUT2D eigenvalue weighted by atomic mass is 79.9. The fourth-order valence-corrected chi connectivity index (χ4v) is 4.58. The molecule has 0 bridgehead atoms. The zero-order valence-corrected chi connectivity index (χ0v) is 14.6. The predicted octanol–water partition coefficient (Wildman–Crippen LogP) is 2.23. The van der Waals surface area contributed by atoms with Gasteiger partial charge < -0.3 is 5.11 Å². The van der Waals surface area contributed by atoms with E-state index < -0.39 is 10.0 Å². The molecule has 0 saturated heterocycles. The Hall–Kier alpha value is -0.800. The van der Waals surface area contributed by atoms with E-state index in [0.717, 1.165) is 10.7 Å². The van der Waals surface area contributed by atoms with E-state index >= 15 is 0 Å². The van der Waals surface area contributed by atoms with Crippen LogP contribution in [-0.2, 0) is 23.1 Å². The van der Waals surface area contributed by atoms with Gasteiger partial charge in [0.2, 0.25) is 10.0 Å². The summed E-state index contributed by atoms with van der Waals surface area (Å²) in [6.07, 6.45) is 0.552. The number of aryl methyl sites for hydroxylation is 1. The number of hydrogen-bond acceptors (Lipinski definition) is 5. The Labute approximate surface area is 136 Å². The first-order chi connectivity index (χ1) is 9.92. The number of rotatable bonds is 6. The van der Waals surface area contributed by atoms with Gasteiger partial charge in [-0.1, -0.05) is 6.07 Å². The molecule has 0 saturated carbocycles. The van der Waals surface area contributed by atoms with Crippen molar-refractivity contribution in [1.82, 2.24) is 9.71 Å². The Kier molecular flexibility index (Phi) is 5.50. The van der Waals surface area contributed by atoms with Crippen molar-refractivity contribution >= 4 is 37.3 Å². The van der Waals surface area contributed by atoms with Gasteiger partial charge in [-0.05, 0) is 40.5 Å². The second-order valence-corrected chi connectivity index (χ2v) is 8.08. The van der Waals surface area contributed by atoms with Crippen LogP contribution in [0.25, 0.3) is 0 Å². The summed E-state index contributed by atoms with van der Waals surface area (Å²) < 4.78 is 27.4. The van der Waals surface area contributed by atoms with Gasteiger partial charge in [-0.25, -0.2) is 18.1 Å². The number of nitrogens with zero attached hydrogens (tertiary/aromatic N) is 1. The molecule has 0 aliphatic carbocycles. The van der Waals surface area contributed by atoms with Gasteiger partial charge in [-0.2, -0.15) is 0 Å². The van der Waals surface area contributed by atoms with Crippen LogP contribution in [0.3, 0.4) is 0 Å². The molecule has 0 atom stereocenters. The highest BCUT2D eigenvalue weighted by Crippen LogP contribution is 2.23. The normalized spacial score (nSPS) is 11.8. The predicted molar refractivity (Wildman–Crippen MR) is 85.8 cm³/mol. The minimum Gasteiger partial charge on any atom is -0.392 e. The average molecular weight is 391 g/mol. The number of aromatic nitrogens is 1. The monoisotopic (exact) mass is 390 g/mol. The lowest BCUT2D eigenvalue weighted by atomic mass is 10.2. The topological polar surface area (TPSA) is 79.3 Å². The van der Waals surface area contributed by atoms with Crippen LogP contribution >= 0.6 is 27.3 Å². The zero-order valence-electron chi connectivity index (χ0n) is 11.3. The largest absolute Gasteiger partial charge is 0.392 e. The van der Waals surface area contributed by atoms with Gasteiger partial charge in [0.05, 0.1) is 22.2 Å². The van der Waals surface area contributed by atoms with Crippen LogP contribution in [0, 0.1) is 6.92 Å². The quantitative estimate of drug-likeness (QED) is 0.792. The third kappa shape index (κ3) is 4.33. The number of aliphatic hydroxyl groups excluding tert-OH is 1. The lowest BCUT2D eigenvalue weighted by Crippen LogP contribution is -2.26. The molecule has 1 heterocycles. The van der Waals surface area contributed by atoms with Crippen LogP contribution in [0.4, 0.5) is 0 Å². The maximum atomic E-state index is 12.2. The fraction of sp³-hybridized carbons (Fsp3) is 0.308. The molecule has 0 spiro atoms. The Morgan fingerprint density at radius 1 is 1.43 bits per heavy atom. The molecule has 5 nitrogen and oxygen atoms in total. The second-order valence-electron chi connectivity index (χ2n) is 4.43. The van der Waals surface area contributed by atoms with Crippen molar-refractivity contribution in [3.05, 3.63) is 44.3 Å². The number of halogens is 1. The summed E-state index contributed by atoms with van der Waals surface area (Å²) >= 11 is 4.77. The Bertz CT molecular complexity index is 729. The zero-order chi connectivity index (χ0) is 15.5. The van der Waals surface area contributed by atoms with E-state index in [1.54, 1.807) is 23.5 Å². The van der Waals surface area contributed by atoms with Crippen molar-refractivity contribution in [2.75, 3.05) is 6.54 Å². The molecule has 0 aliphatic heterocycles. The Morgan fingerprint density at radius 3 is 2.76 bits per heavy atom. The molecule has 0 amide bonds. The van der Waals surface area contributed by atoms with Crippen molar-refractivity contribution in [2.24, 2.45) is 0 Å². The lowest BCUT2D eigenvalue weighted by Gasteiger charge is -2.09. The molecular weight excluding hydrogens is 376 g/mol. The first kappa shape index (κ1) is 16.6. The first-order valence-electron chi connectivity index (χ1n) is 6.22. The van der Waals surface area contributed by atoms with E-state index in [1.807, 2.05) is 12.3 Å². The summed E-state index contributed by atoms with van der Waals surface area (Å²) in [7, 11) is -3.58. The van der Waals surface area contributed by atoms with Crippen LogP contribution in [0.1, 0.15) is 16.3 Å². The van der Waals surface area contributed by atoms with Gasteiger partial charge in [0.25, 0.3) is 0 Å². The SMILES string of the molecule is Cc1nc(CCNS(=O)(=O)c2ccc(CO)cc2Br)cs1. The summed E-state index contributed by atoms with van der Waals surface area (Å²) in [6, 6.07) is 4.66. The minimum absolute atomic E-state index is 0.129. The van der Waals surface area contributed by atoms with Crippen LogP contribution in [0.15, 0.2) is 32.9 Å². The van der Waals surface area contributed by atoms with Crippen molar-refractivity contribution in [3.63, 3.8) is 0 Å². The molecule has 2 rings (SSSR count). The summed E-state index contributed by atoms with van der Waals surface area (Å²) in [5, 5.41) is 11.9. The summed E-state index contributed by atoms with van der Waals surface area (Å²) in [5.41, 5.74) is 1.54. The molecule has 0 unspecified atom stereocenters. The standard InChI is InChI=1S/C13H15BrN2O3S2/c1-9-16-11(8-20-9)4-5-15-21(18,19)13-3-2-10(7-17)6-12(13)14/h2-3,6,8,15,17H,4-5,7H2,1H3. The Balaban J connectivity index is 2.04. The van der Waals surface area contributed by atoms with Crippen molar-refractivity contribution in [2.45, 2.75) is 24.8 Å². The van der Waals surface area contributed by atoms with E-state index in [9.17, 15) is 8.42 Å². The van der Waals surface area contributed by atoms with Crippen LogP contribution in [0.2, 0.25) is 0 Å². The number of hydrogen-bond donors (Lipinski definition) is 2. The lowest BCUT2D eigenvalue weighted by molar-refractivity contribution is 0.281. The maximum absolute atomic E-state index is 12.2. The van der Waals surface area contributed by atoms with E-state index in [4.69, 9.17) is 5.11 Å². The smallest absolute Gasteiger partial charge is 0.241 e. The summed E-state index contributed by atoms with van der Waals surface area (Å²) in [6.45, 7) is 2.08. The highest BCUT2D eigenvalue weighted by molar-refractivity contribution is 9.10. The average Bonchev–Trinajstić information content (AvgIpc) is 2.83. The molecule has 0 fully saturated rings. The van der Waals surface area contributed by atoms with Gasteiger partial charge in [-0.15, -0.1) is 11.3 Å². The fourth-order valence-electron chi connectivity index (χ4n) is 1.77. The molecule has 8 heteroatoms.